The van der Waals surface area contributed by atoms with Crippen LogP contribution in [0.3, 0.4) is 0 Å². The van der Waals surface area contributed by atoms with Crippen LogP contribution in [0, 0.1) is 0 Å². The number of hydrogen-bond donors (Lipinski definition) is 4. The fraction of sp³-hybridized carbons (Fsp3) is 0.320. The first-order valence-corrected chi connectivity index (χ1v) is 14.0. The number of benzene rings is 2. The smallest absolute Gasteiger partial charge is 0.253 e. The van der Waals surface area contributed by atoms with Gasteiger partial charge in [-0.05, 0) is 37.4 Å². The molecule has 3 rings (SSSR count). The van der Waals surface area contributed by atoms with Gasteiger partial charge in [-0.2, -0.15) is 4.98 Å². The van der Waals surface area contributed by atoms with E-state index in [1.807, 2.05) is 18.7 Å². The highest BCUT2D eigenvalue weighted by Crippen LogP contribution is 2.32. The van der Waals surface area contributed by atoms with Crippen molar-refractivity contribution >= 4 is 56.4 Å². The predicted molar refractivity (Wildman–Crippen MR) is 152 cm³/mol. The number of sulfonamides is 1. The SMILES string of the molecule is CCN(CC)CCS(=O)(=O)Nc1ccc(Nc2ncc(Cl)c(Nc3ccccc3C(=O)NC)n2)c(OC)c1. The monoisotopic (exact) mass is 561 g/mol. The number of methoxy groups -OCH3 is 1. The number of nitrogens with one attached hydrogen (secondary N) is 4. The Kier molecular flexibility index (Phi) is 10.1. The molecule has 13 heteroatoms. The van der Waals surface area contributed by atoms with Crippen LogP contribution < -0.4 is 25.4 Å². The van der Waals surface area contributed by atoms with Gasteiger partial charge in [0.15, 0.2) is 5.82 Å². The molecule has 0 aliphatic heterocycles. The molecule has 0 spiro atoms. The summed E-state index contributed by atoms with van der Waals surface area (Å²) < 4.78 is 33.2. The van der Waals surface area contributed by atoms with E-state index in [-0.39, 0.29) is 28.4 Å². The zero-order chi connectivity index (χ0) is 27.7. The number of amides is 1. The Hall–Kier alpha value is -3.61. The zero-order valence-corrected chi connectivity index (χ0v) is 23.3. The Morgan fingerprint density at radius 1 is 1.08 bits per heavy atom. The number of rotatable bonds is 13. The molecule has 204 valence electrons. The molecule has 0 fully saturated rings. The molecule has 1 aromatic heterocycles. The summed E-state index contributed by atoms with van der Waals surface area (Å²) in [6.07, 6.45) is 1.42. The molecule has 3 aromatic rings. The molecular weight excluding hydrogens is 530 g/mol. The highest BCUT2D eigenvalue weighted by Gasteiger charge is 2.16. The van der Waals surface area contributed by atoms with Crippen LogP contribution in [0.2, 0.25) is 5.02 Å². The molecule has 1 heterocycles. The van der Waals surface area contributed by atoms with E-state index >= 15 is 0 Å². The highest BCUT2D eigenvalue weighted by molar-refractivity contribution is 7.92. The van der Waals surface area contributed by atoms with Gasteiger partial charge >= 0.3 is 0 Å². The van der Waals surface area contributed by atoms with Crippen molar-refractivity contribution in [1.82, 2.24) is 20.2 Å². The van der Waals surface area contributed by atoms with Crippen molar-refractivity contribution in [1.29, 1.82) is 0 Å². The van der Waals surface area contributed by atoms with Crippen LogP contribution in [0.1, 0.15) is 24.2 Å². The van der Waals surface area contributed by atoms with Crippen LogP contribution in [-0.4, -0.2) is 68.7 Å². The molecule has 11 nitrogen and oxygen atoms in total. The molecule has 0 saturated heterocycles. The van der Waals surface area contributed by atoms with Gasteiger partial charge in [0, 0.05) is 19.7 Å². The number of ether oxygens (including phenoxy) is 1. The first kappa shape index (κ1) is 29.0. The van der Waals surface area contributed by atoms with Gasteiger partial charge in [-0.1, -0.05) is 37.6 Å². The summed E-state index contributed by atoms with van der Waals surface area (Å²) in [5.74, 6) is 0.600. The maximum absolute atomic E-state index is 12.6. The van der Waals surface area contributed by atoms with E-state index in [1.165, 1.54) is 13.3 Å². The summed E-state index contributed by atoms with van der Waals surface area (Å²) in [4.78, 5) is 22.9. The van der Waals surface area contributed by atoms with E-state index in [0.717, 1.165) is 13.1 Å². The summed E-state index contributed by atoms with van der Waals surface area (Å²) in [6.45, 7) is 5.99. The van der Waals surface area contributed by atoms with Crippen LogP contribution in [0.15, 0.2) is 48.7 Å². The summed E-state index contributed by atoms with van der Waals surface area (Å²) in [7, 11) is -0.515. The van der Waals surface area contributed by atoms with Gasteiger partial charge in [0.25, 0.3) is 5.91 Å². The average Bonchev–Trinajstić information content (AvgIpc) is 2.91. The van der Waals surface area contributed by atoms with Crippen molar-refractivity contribution in [3.05, 3.63) is 59.2 Å². The van der Waals surface area contributed by atoms with Crippen molar-refractivity contribution in [2.24, 2.45) is 0 Å². The lowest BCUT2D eigenvalue weighted by atomic mass is 10.1. The van der Waals surface area contributed by atoms with Gasteiger partial charge in [-0.3, -0.25) is 9.52 Å². The zero-order valence-electron chi connectivity index (χ0n) is 21.7. The third-order valence-corrected chi connectivity index (χ3v) is 7.23. The van der Waals surface area contributed by atoms with Crippen LogP contribution in [-0.2, 0) is 10.0 Å². The first-order chi connectivity index (χ1) is 18.2. The Bertz CT molecular complexity index is 1370. The van der Waals surface area contributed by atoms with Crippen LogP contribution in [0.25, 0.3) is 0 Å². The fourth-order valence-corrected chi connectivity index (χ4v) is 4.79. The summed E-state index contributed by atoms with van der Waals surface area (Å²) in [5, 5.41) is 8.99. The lowest BCUT2D eigenvalue weighted by molar-refractivity contribution is 0.0964. The fourth-order valence-electron chi connectivity index (χ4n) is 3.57. The van der Waals surface area contributed by atoms with Crippen molar-refractivity contribution in [3.8, 4) is 5.75 Å². The van der Waals surface area contributed by atoms with Gasteiger partial charge in [0.05, 0.1) is 41.7 Å². The number of aromatic nitrogens is 2. The second-order valence-electron chi connectivity index (χ2n) is 8.13. The predicted octanol–water partition coefficient (Wildman–Crippen LogP) is 4.07. The molecule has 0 atom stereocenters. The number of anilines is 5. The molecular formula is C25H32ClN7O4S. The Morgan fingerprint density at radius 2 is 1.82 bits per heavy atom. The molecule has 0 aliphatic rings. The molecule has 0 aliphatic carbocycles. The number of nitrogens with zero attached hydrogens (tertiary/aromatic N) is 3. The van der Waals surface area contributed by atoms with E-state index in [4.69, 9.17) is 16.3 Å². The first-order valence-electron chi connectivity index (χ1n) is 12.0. The van der Waals surface area contributed by atoms with Gasteiger partial charge < -0.3 is 25.6 Å². The van der Waals surface area contributed by atoms with Crippen molar-refractivity contribution in [2.45, 2.75) is 13.8 Å². The lowest BCUT2D eigenvalue weighted by Gasteiger charge is -2.18. The lowest BCUT2D eigenvalue weighted by Crippen LogP contribution is -2.31. The third-order valence-electron chi connectivity index (χ3n) is 5.69. The maximum atomic E-state index is 12.6. The van der Waals surface area contributed by atoms with E-state index in [0.29, 0.717) is 34.9 Å². The largest absolute Gasteiger partial charge is 0.494 e. The molecule has 0 saturated carbocycles. The Labute approximate surface area is 228 Å². The van der Waals surface area contributed by atoms with E-state index in [2.05, 4.69) is 30.6 Å². The quantitative estimate of drug-likeness (QED) is 0.243. The Balaban J connectivity index is 1.78. The van der Waals surface area contributed by atoms with Gasteiger partial charge in [-0.25, -0.2) is 13.4 Å². The average molecular weight is 562 g/mol. The Morgan fingerprint density at radius 3 is 2.50 bits per heavy atom. The number of hydrogen-bond acceptors (Lipinski definition) is 9. The molecule has 4 N–H and O–H groups in total. The van der Waals surface area contributed by atoms with Gasteiger partial charge in [-0.15, -0.1) is 0 Å². The highest BCUT2D eigenvalue weighted by atomic mass is 35.5. The number of carbonyl (C=O) groups excluding carboxylic acids is 1. The maximum Gasteiger partial charge on any atom is 0.253 e. The van der Waals surface area contributed by atoms with E-state index in [9.17, 15) is 13.2 Å². The number of para-hydroxylation sites is 1. The van der Waals surface area contributed by atoms with Crippen LogP contribution in [0.5, 0.6) is 5.75 Å². The molecule has 38 heavy (non-hydrogen) atoms. The minimum absolute atomic E-state index is 0.0194. The normalized spacial score (nSPS) is 11.2. The second kappa shape index (κ2) is 13.3. The minimum atomic E-state index is -3.54. The van der Waals surface area contributed by atoms with Crippen LogP contribution in [0.4, 0.5) is 28.8 Å². The summed E-state index contributed by atoms with van der Waals surface area (Å²) >= 11 is 6.31. The molecule has 0 bridgehead atoms. The van der Waals surface area contributed by atoms with Crippen molar-refractivity contribution < 1.29 is 17.9 Å². The van der Waals surface area contributed by atoms with E-state index < -0.39 is 10.0 Å². The second-order valence-corrected chi connectivity index (χ2v) is 10.4. The topological polar surface area (TPSA) is 138 Å². The molecule has 0 radical (unpaired) electrons. The summed E-state index contributed by atoms with van der Waals surface area (Å²) in [6, 6.07) is 11.8. The molecule has 0 unspecified atom stereocenters. The van der Waals surface area contributed by atoms with Crippen LogP contribution >= 0.6 is 11.6 Å². The van der Waals surface area contributed by atoms with Crippen molar-refractivity contribution in [3.63, 3.8) is 0 Å². The summed E-state index contributed by atoms with van der Waals surface area (Å²) in [5.41, 5.74) is 1.83. The van der Waals surface area contributed by atoms with Gasteiger partial charge in [0.2, 0.25) is 16.0 Å². The standard InChI is InChI=1S/C25H32ClN7O4S/c1-5-33(6-2)13-14-38(35,36)32-17-11-12-21(22(15-17)37-4)30-25-28-16-19(26)23(31-25)29-20-10-8-7-9-18(20)24(34)27-3/h7-12,15-16,32H,5-6,13-14H2,1-4H3,(H,27,34)(H2,28,29,30,31). The molecule has 1 amide bonds. The van der Waals surface area contributed by atoms with Gasteiger partial charge in [0.1, 0.15) is 10.8 Å². The number of carbonyl (C=O) groups is 1. The minimum Gasteiger partial charge on any atom is -0.494 e. The molecule has 2 aromatic carbocycles. The third kappa shape index (κ3) is 7.70. The number of halogens is 1. The van der Waals surface area contributed by atoms with Crippen molar-refractivity contribution in [2.75, 3.05) is 54.9 Å². The van der Waals surface area contributed by atoms with E-state index in [1.54, 1.807) is 49.5 Å².